The molecule has 35 heavy (non-hydrogen) atoms. The third kappa shape index (κ3) is 5.71. The quantitative estimate of drug-likeness (QED) is 0.567. The summed E-state index contributed by atoms with van der Waals surface area (Å²) in [6.45, 7) is 7.71. The van der Waals surface area contributed by atoms with Gasteiger partial charge >= 0.3 is 12.0 Å². The van der Waals surface area contributed by atoms with Crippen LogP contribution in [0.4, 0.5) is 10.5 Å². The van der Waals surface area contributed by atoms with Gasteiger partial charge in [-0.15, -0.1) is 0 Å². The first-order valence-electron chi connectivity index (χ1n) is 11.7. The van der Waals surface area contributed by atoms with E-state index >= 15 is 0 Å². The second-order valence-corrected chi connectivity index (χ2v) is 9.05. The van der Waals surface area contributed by atoms with E-state index in [9.17, 15) is 9.59 Å². The monoisotopic (exact) mass is 498 g/mol. The summed E-state index contributed by atoms with van der Waals surface area (Å²) >= 11 is 6.22. The Morgan fingerprint density at radius 1 is 1.14 bits per heavy atom. The van der Waals surface area contributed by atoms with E-state index < -0.39 is 12.0 Å². The highest BCUT2D eigenvalue weighted by atomic mass is 35.5. The van der Waals surface area contributed by atoms with Crippen LogP contribution in [-0.4, -0.2) is 63.3 Å². The highest BCUT2D eigenvalue weighted by molar-refractivity contribution is 6.30. The molecule has 4 rings (SSSR count). The number of rotatable bonds is 7. The van der Waals surface area contributed by atoms with Gasteiger partial charge in [-0.25, -0.2) is 9.59 Å². The summed E-state index contributed by atoms with van der Waals surface area (Å²) in [6, 6.07) is 12.3. The molecule has 2 aliphatic rings. The summed E-state index contributed by atoms with van der Waals surface area (Å²) in [5.41, 5.74) is 4.04. The number of carbonyl (C=O) groups excluding carboxylic acids is 2. The van der Waals surface area contributed by atoms with Crippen LogP contribution in [0.3, 0.4) is 0 Å². The summed E-state index contributed by atoms with van der Waals surface area (Å²) < 4.78 is 10.7. The van der Waals surface area contributed by atoms with Crippen LogP contribution in [0.5, 0.6) is 5.75 Å². The van der Waals surface area contributed by atoms with Gasteiger partial charge in [0.25, 0.3) is 0 Å². The maximum Gasteiger partial charge on any atom is 0.338 e. The van der Waals surface area contributed by atoms with Crippen LogP contribution in [0.2, 0.25) is 5.02 Å². The topological polar surface area (TPSA) is 83.1 Å². The fourth-order valence-corrected chi connectivity index (χ4v) is 4.72. The minimum Gasteiger partial charge on any atom is -0.497 e. The van der Waals surface area contributed by atoms with Crippen molar-refractivity contribution in [2.24, 2.45) is 0 Å². The van der Waals surface area contributed by atoms with Crippen LogP contribution >= 0.6 is 11.6 Å². The number of hydrogen-bond donors (Lipinski definition) is 2. The van der Waals surface area contributed by atoms with Crippen LogP contribution in [0, 0.1) is 6.92 Å². The minimum atomic E-state index is -0.636. The molecule has 0 aromatic heterocycles. The standard InChI is InChI=1S/C26H31ClN4O4/c1-4-35-25(32)23-21(28-26(33)29-24(23)18-6-5-7-20(14-18)34-3)16-30-10-12-31(13-11-30)22-15-19(27)9-8-17(22)2/h5-9,14-15,24H,4,10-13,16H2,1-3H3,(H2,28,29,33)/t24-/m1/s1. The first kappa shape index (κ1) is 24.9. The number of amides is 2. The van der Waals surface area contributed by atoms with Crippen molar-refractivity contribution in [3.8, 4) is 5.75 Å². The first-order chi connectivity index (χ1) is 16.9. The van der Waals surface area contributed by atoms with Gasteiger partial charge in [0.15, 0.2) is 0 Å². The van der Waals surface area contributed by atoms with Crippen molar-refractivity contribution in [3.05, 3.63) is 69.9 Å². The number of benzene rings is 2. The predicted molar refractivity (Wildman–Crippen MR) is 136 cm³/mol. The van der Waals surface area contributed by atoms with Gasteiger partial charge in [-0.05, 0) is 49.2 Å². The van der Waals surface area contributed by atoms with E-state index in [1.54, 1.807) is 14.0 Å². The van der Waals surface area contributed by atoms with Gasteiger partial charge in [-0.2, -0.15) is 0 Å². The van der Waals surface area contributed by atoms with E-state index in [2.05, 4.69) is 27.4 Å². The van der Waals surface area contributed by atoms with Crippen molar-refractivity contribution in [1.29, 1.82) is 0 Å². The lowest BCUT2D eigenvalue weighted by molar-refractivity contribution is -0.139. The molecule has 2 amide bonds. The maximum absolute atomic E-state index is 13.1. The number of anilines is 1. The summed E-state index contributed by atoms with van der Waals surface area (Å²) in [7, 11) is 1.58. The zero-order valence-corrected chi connectivity index (χ0v) is 21.0. The van der Waals surface area contributed by atoms with Gasteiger partial charge in [0.2, 0.25) is 0 Å². The third-order valence-electron chi connectivity index (χ3n) is 6.34. The predicted octanol–water partition coefficient (Wildman–Crippen LogP) is 3.65. The Morgan fingerprint density at radius 3 is 2.63 bits per heavy atom. The van der Waals surface area contributed by atoms with Crippen molar-refractivity contribution >= 4 is 29.3 Å². The number of piperazine rings is 1. The molecule has 8 nitrogen and oxygen atoms in total. The molecule has 186 valence electrons. The number of methoxy groups -OCH3 is 1. The Hall–Kier alpha value is -3.23. The number of nitrogens with one attached hydrogen (secondary N) is 2. The molecule has 1 fully saturated rings. The third-order valence-corrected chi connectivity index (χ3v) is 6.58. The molecule has 2 aromatic carbocycles. The second kappa shape index (κ2) is 11.0. The van der Waals surface area contributed by atoms with E-state index in [1.165, 1.54) is 5.56 Å². The van der Waals surface area contributed by atoms with Gasteiger partial charge < -0.3 is 25.0 Å². The maximum atomic E-state index is 13.1. The summed E-state index contributed by atoms with van der Waals surface area (Å²) in [4.78, 5) is 30.2. The fourth-order valence-electron chi connectivity index (χ4n) is 4.56. The van der Waals surface area contributed by atoms with Crippen molar-refractivity contribution in [2.75, 3.05) is 51.3 Å². The lowest BCUT2D eigenvalue weighted by Gasteiger charge is -2.38. The van der Waals surface area contributed by atoms with Crippen LogP contribution < -0.4 is 20.3 Å². The number of halogens is 1. The van der Waals surface area contributed by atoms with Gasteiger partial charge in [0.1, 0.15) is 5.75 Å². The molecule has 0 bridgehead atoms. The van der Waals surface area contributed by atoms with Gasteiger partial charge in [0, 0.05) is 49.1 Å². The number of urea groups is 1. The first-order valence-corrected chi connectivity index (χ1v) is 12.1. The highest BCUT2D eigenvalue weighted by Crippen LogP contribution is 2.31. The Morgan fingerprint density at radius 2 is 1.91 bits per heavy atom. The van der Waals surface area contributed by atoms with Crippen LogP contribution in [0.1, 0.15) is 24.1 Å². The summed E-state index contributed by atoms with van der Waals surface area (Å²) in [5, 5.41) is 6.46. The zero-order valence-electron chi connectivity index (χ0n) is 20.3. The van der Waals surface area contributed by atoms with Crippen molar-refractivity contribution in [2.45, 2.75) is 19.9 Å². The number of esters is 1. The van der Waals surface area contributed by atoms with Crippen molar-refractivity contribution < 1.29 is 19.1 Å². The second-order valence-electron chi connectivity index (χ2n) is 8.61. The molecule has 2 aliphatic heterocycles. The average Bonchev–Trinajstić information content (AvgIpc) is 2.86. The molecule has 9 heteroatoms. The minimum absolute atomic E-state index is 0.242. The van der Waals surface area contributed by atoms with Crippen LogP contribution in [0.15, 0.2) is 53.7 Å². The average molecular weight is 499 g/mol. The van der Waals surface area contributed by atoms with Crippen molar-refractivity contribution in [3.63, 3.8) is 0 Å². The highest BCUT2D eigenvalue weighted by Gasteiger charge is 2.35. The number of aryl methyl sites for hydroxylation is 1. The molecular weight excluding hydrogens is 468 g/mol. The molecule has 0 spiro atoms. The molecule has 2 heterocycles. The number of carbonyl (C=O) groups is 2. The van der Waals surface area contributed by atoms with Crippen molar-refractivity contribution in [1.82, 2.24) is 15.5 Å². The Balaban J connectivity index is 1.57. The van der Waals surface area contributed by atoms with E-state index in [-0.39, 0.29) is 12.6 Å². The van der Waals surface area contributed by atoms with Crippen LogP contribution in [0.25, 0.3) is 0 Å². The van der Waals surface area contributed by atoms with E-state index in [0.717, 1.165) is 42.5 Å². The van der Waals surface area contributed by atoms with Gasteiger partial charge in [-0.3, -0.25) is 4.90 Å². The molecule has 2 aromatic rings. The lowest BCUT2D eigenvalue weighted by Crippen LogP contribution is -2.52. The van der Waals surface area contributed by atoms with E-state index in [1.807, 2.05) is 42.5 Å². The Kier molecular flexibility index (Phi) is 7.83. The molecule has 1 atom stereocenters. The van der Waals surface area contributed by atoms with Gasteiger partial charge in [0.05, 0.1) is 25.3 Å². The zero-order chi connectivity index (χ0) is 24.9. The number of hydrogen-bond acceptors (Lipinski definition) is 6. The number of ether oxygens (including phenoxy) is 2. The normalized spacial score (nSPS) is 18.7. The van der Waals surface area contributed by atoms with E-state index in [4.69, 9.17) is 21.1 Å². The summed E-state index contributed by atoms with van der Waals surface area (Å²) in [6.07, 6.45) is 0. The SMILES string of the molecule is CCOC(=O)C1=C(CN2CCN(c3cc(Cl)ccc3C)CC2)NC(=O)N[C@@H]1c1cccc(OC)c1. The fraction of sp³-hybridized carbons (Fsp3) is 0.385. The number of nitrogens with zero attached hydrogens (tertiary/aromatic N) is 2. The molecule has 1 saturated heterocycles. The largest absolute Gasteiger partial charge is 0.497 e. The molecule has 0 radical (unpaired) electrons. The van der Waals surface area contributed by atoms with E-state index in [0.29, 0.717) is 23.6 Å². The molecule has 2 N–H and O–H groups in total. The summed E-state index contributed by atoms with van der Waals surface area (Å²) in [5.74, 6) is 0.198. The molecular formula is C26H31ClN4O4. The molecule has 0 saturated carbocycles. The smallest absolute Gasteiger partial charge is 0.338 e. The Bertz CT molecular complexity index is 1130. The molecule has 0 aliphatic carbocycles. The molecule has 0 unspecified atom stereocenters. The Labute approximate surface area is 210 Å². The lowest BCUT2D eigenvalue weighted by atomic mass is 9.94. The van der Waals surface area contributed by atoms with Gasteiger partial charge in [-0.1, -0.05) is 29.8 Å². The van der Waals surface area contributed by atoms with Crippen LogP contribution in [-0.2, 0) is 9.53 Å².